The van der Waals surface area contributed by atoms with Gasteiger partial charge in [0.15, 0.2) is 5.96 Å². The summed E-state index contributed by atoms with van der Waals surface area (Å²) in [6.07, 6.45) is 2.87. The van der Waals surface area contributed by atoms with E-state index in [1.807, 2.05) is 25.1 Å². The highest BCUT2D eigenvalue weighted by Gasteiger charge is 2.28. The average Bonchev–Trinajstić information content (AvgIpc) is 3.10. The van der Waals surface area contributed by atoms with Gasteiger partial charge < -0.3 is 15.4 Å². The van der Waals surface area contributed by atoms with Crippen molar-refractivity contribution in [3.05, 3.63) is 28.8 Å². The summed E-state index contributed by atoms with van der Waals surface area (Å²) in [6.45, 7) is 5.19. The molecule has 9 heteroatoms. The Morgan fingerprint density at radius 2 is 2.19 bits per heavy atom. The molecule has 1 aromatic rings. The van der Waals surface area contributed by atoms with Crippen molar-refractivity contribution in [2.24, 2.45) is 10.9 Å². The summed E-state index contributed by atoms with van der Waals surface area (Å²) in [6, 6.07) is 5.67. The van der Waals surface area contributed by atoms with Crippen LogP contribution in [0.5, 0.6) is 5.75 Å². The van der Waals surface area contributed by atoms with Gasteiger partial charge in [0.1, 0.15) is 5.75 Å². The zero-order valence-corrected chi connectivity index (χ0v) is 17.7. The van der Waals surface area contributed by atoms with Crippen molar-refractivity contribution in [2.45, 2.75) is 19.8 Å². The minimum Gasteiger partial charge on any atom is -0.497 e. The van der Waals surface area contributed by atoms with E-state index in [4.69, 9.17) is 16.3 Å². The lowest BCUT2D eigenvalue weighted by molar-refractivity contribution is 0.414. The second-order valence-electron chi connectivity index (χ2n) is 6.63. The van der Waals surface area contributed by atoms with Crippen LogP contribution in [0.25, 0.3) is 0 Å². The van der Waals surface area contributed by atoms with Gasteiger partial charge >= 0.3 is 0 Å². The topological polar surface area (TPSA) is 83.0 Å². The van der Waals surface area contributed by atoms with E-state index < -0.39 is 10.0 Å². The van der Waals surface area contributed by atoms with Gasteiger partial charge in [0.2, 0.25) is 10.0 Å². The van der Waals surface area contributed by atoms with E-state index >= 15 is 0 Å². The van der Waals surface area contributed by atoms with Gasteiger partial charge in [0.25, 0.3) is 0 Å². The number of guanidine groups is 1. The van der Waals surface area contributed by atoms with Gasteiger partial charge in [-0.3, -0.25) is 4.99 Å². The van der Waals surface area contributed by atoms with Crippen molar-refractivity contribution in [3.8, 4) is 5.75 Å². The number of benzene rings is 1. The molecule has 0 radical (unpaired) electrons. The molecule has 0 spiro atoms. The first kappa shape index (κ1) is 21.8. The molecule has 2 rings (SSSR count). The third-order valence-electron chi connectivity index (χ3n) is 4.52. The molecule has 0 bridgehead atoms. The largest absolute Gasteiger partial charge is 0.497 e. The van der Waals surface area contributed by atoms with Crippen molar-refractivity contribution >= 4 is 27.6 Å². The SMILES string of the molecule is CCNC(=NCC1CCN(S(C)(=O)=O)C1)NCCc1ccc(OC)cc1Cl. The minimum atomic E-state index is -3.11. The molecule has 0 amide bonds. The predicted octanol–water partition coefficient (Wildman–Crippen LogP) is 1.73. The van der Waals surface area contributed by atoms with Crippen LogP contribution >= 0.6 is 11.6 Å². The number of nitrogens with one attached hydrogen (secondary N) is 2. The van der Waals surface area contributed by atoms with Gasteiger partial charge in [-0.1, -0.05) is 17.7 Å². The highest BCUT2D eigenvalue weighted by molar-refractivity contribution is 7.88. The van der Waals surface area contributed by atoms with E-state index in [0.29, 0.717) is 31.2 Å². The Hall–Kier alpha value is -1.51. The van der Waals surface area contributed by atoms with Crippen molar-refractivity contribution in [3.63, 3.8) is 0 Å². The summed E-state index contributed by atoms with van der Waals surface area (Å²) in [7, 11) is -1.49. The van der Waals surface area contributed by atoms with Crippen molar-refractivity contribution in [2.75, 3.05) is 46.1 Å². The van der Waals surface area contributed by atoms with Crippen molar-refractivity contribution in [1.82, 2.24) is 14.9 Å². The molecule has 0 saturated carbocycles. The Morgan fingerprint density at radius 3 is 2.78 bits per heavy atom. The van der Waals surface area contributed by atoms with Crippen molar-refractivity contribution < 1.29 is 13.2 Å². The van der Waals surface area contributed by atoms with Crippen molar-refractivity contribution in [1.29, 1.82) is 0 Å². The third kappa shape index (κ3) is 6.86. The second kappa shape index (κ2) is 10.1. The van der Waals surface area contributed by atoms with Gasteiger partial charge in [-0.2, -0.15) is 0 Å². The Balaban J connectivity index is 1.85. The fourth-order valence-corrected chi connectivity index (χ4v) is 4.17. The molecule has 2 N–H and O–H groups in total. The lowest BCUT2D eigenvalue weighted by atomic mass is 10.1. The zero-order valence-electron chi connectivity index (χ0n) is 16.2. The van der Waals surface area contributed by atoms with E-state index in [1.165, 1.54) is 10.6 Å². The van der Waals surface area contributed by atoms with E-state index in [0.717, 1.165) is 36.7 Å². The quantitative estimate of drug-likeness (QED) is 0.498. The summed E-state index contributed by atoms with van der Waals surface area (Å²) in [5.41, 5.74) is 1.04. The highest BCUT2D eigenvalue weighted by Crippen LogP contribution is 2.22. The molecular weight excluding hydrogens is 388 g/mol. The summed E-state index contributed by atoms with van der Waals surface area (Å²) in [5, 5.41) is 7.21. The molecule has 1 aromatic carbocycles. The van der Waals surface area contributed by atoms with Crippen LogP contribution in [0.15, 0.2) is 23.2 Å². The van der Waals surface area contributed by atoms with Gasteiger partial charge in [-0.05, 0) is 43.4 Å². The normalized spacial score (nSPS) is 18.5. The summed E-state index contributed by atoms with van der Waals surface area (Å²) in [5.74, 6) is 1.73. The van der Waals surface area contributed by atoms with Crippen LogP contribution in [0.2, 0.25) is 5.02 Å². The number of hydrogen-bond acceptors (Lipinski definition) is 4. The van der Waals surface area contributed by atoms with E-state index in [1.54, 1.807) is 7.11 Å². The van der Waals surface area contributed by atoms with Gasteiger partial charge in [0, 0.05) is 37.7 Å². The van der Waals surface area contributed by atoms with E-state index in [2.05, 4.69) is 15.6 Å². The molecule has 1 aliphatic rings. The molecule has 7 nitrogen and oxygen atoms in total. The molecule has 152 valence electrons. The Kier molecular flexibility index (Phi) is 8.19. The molecule has 1 heterocycles. The fourth-order valence-electron chi connectivity index (χ4n) is 2.98. The van der Waals surface area contributed by atoms with Crippen LogP contribution in [0.3, 0.4) is 0 Å². The summed E-state index contributed by atoms with van der Waals surface area (Å²) < 4.78 is 29.9. The Morgan fingerprint density at radius 1 is 1.41 bits per heavy atom. The van der Waals surface area contributed by atoms with Gasteiger partial charge in [-0.25, -0.2) is 12.7 Å². The number of nitrogens with zero attached hydrogens (tertiary/aromatic N) is 2. The molecule has 1 fully saturated rings. The smallest absolute Gasteiger partial charge is 0.211 e. The van der Waals surface area contributed by atoms with Gasteiger partial charge in [0.05, 0.1) is 13.4 Å². The maximum atomic E-state index is 11.6. The summed E-state index contributed by atoms with van der Waals surface area (Å²) in [4.78, 5) is 4.61. The Labute approximate surface area is 167 Å². The predicted molar refractivity (Wildman–Crippen MR) is 110 cm³/mol. The standard InChI is InChI=1S/C18H29ClN4O3S/c1-4-20-18(22-12-14-8-10-23(13-14)27(3,24)25)21-9-7-15-5-6-16(26-2)11-17(15)19/h5-6,11,14H,4,7-10,12-13H2,1-3H3,(H2,20,21,22). The maximum Gasteiger partial charge on any atom is 0.211 e. The third-order valence-corrected chi connectivity index (χ3v) is 6.14. The fraction of sp³-hybridized carbons (Fsp3) is 0.611. The number of sulfonamides is 1. The second-order valence-corrected chi connectivity index (χ2v) is 9.02. The number of methoxy groups -OCH3 is 1. The molecule has 0 aromatic heterocycles. The van der Waals surface area contributed by atoms with Crippen LogP contribution in [-0.4, -0.2) is 64.8 Å². The molecule has 0 aliphatic carbocycles. The summed E-state index contributed by atoms with van der Waals surface area (Å²) >= 11 is 6.27. The van der Waals surface area contributed by atoms with Crippen LogP contribution in [0, 0.1) is 5.92 Å². The molecule has 1 saturated heterocycles. The zero-order chi connectivity index (χ0) is 19.9. The lowest BCUT2D eigenvalue weighted by Gasteiger charge is -2.14. The molecular formula is C18H29ClN4O3S. The first-order valence-corrected chi connectivity index (χ1v) is 11.4. The molecule has 1 atom stereocenters. The first-order valence-electron chi connectivity index (χ1n) is 9.13. The minimum absolute atomic E-state index is 0.256. The average molecular weight is 417 g/mol. The van der Waals surface area contributed by atoms with Crippen LogP contribution in [0.1, 0.15) is 18.9 Å². The molecule has 27 heavy (non-hydrogen) atoms. The monoisotopic (exact) mass is 416 g/mol. The number of aliphatic imine (C=N–C) groups is 1. The Bertz CT molecular complexity index is 755. The lowest BCUT2D eigenvalue weighted by Crippen LogP contribution is -2.38. The van der Waals surface area contributed by atoms with Gasteiger partial charge in [-0.15, -0.1) is 0 Å². The molecule has 1 unspecified atom stereocenters. The van der Waals surface area contributed by atoms with Crippen LogP contribution in [0.4, 0.5) is 0 Å². The van der Waals surface area contributed by atoms with E-state index in [9.17, 15) is 8.42 Å². The van der Waals surface area contributed by atoms with Crippen LogP contribution in [-0.2, 0) is 16.4 Å². The maximum absolute atomic E-state index is 11.6. The number of hydrogen-bond donors (Lipinski definition) is 2. The molecule has 1 aliphatic heterocycles. The number of rotatable bonds is 8. The first-order chi connectivity index (χ1) is 12.8. The number of ether oxygens (including phenoxy) is 1. The van der Waals surface area contributed by atoms with Crippen LogP contribution < -0.4 is 15.4 Å². The number of halogens is 1. The highest BCUT2D eigenvalue weighted by atomic mass is 35.5. The van der Waals surface area contributed by atoms with E-state index in [-0.39, 0.29) is 5.92 Å².